The lowest BCUT2D eigenvalue weighted by molar-refractivity contribution is -0.132. The van der Waals surface area contributed by atoms with E-state index in [2.05, 4.69) is 24.4 Å². The maximum Gasteiger partial charge on any atom is 0.241 e. The van der Waals surface area contributed by atoms with E-state index in [9.17, 15) is 4.79 Å². The maximum absolute atomic E-state index is 12.4. The summed E-state index contributed by atoms with van der Waals surface area (Å²) in [6.07, 6.45) is 3.63. The van der Waals surface area contributed by atoms with Crippen molar-refractivity contribution in [2.24, 2.45) is 0 Å². The highest BCUT2D eigenvalue weighted by molar-refractivity contribution is 7.12. The molecule has 0 aromatic carbocycles. The third-order valence-corrected chi connectivity index (χ3v) is 5.13. The Kier molecular flexibility index (Phi) is 4.10. The molecule has 0 bridgehead atoms. The summed E-state index contributed by atoms with van der Waals surface area (Å²) in [5, 5.41) is 3.40. The summed E-state index contributed by atoms with van der Waals surface area (Å²) < 4.78 is 5.79. The molecule has 3 rings (SSSR count). The van der Waals surface area contributed by atoms with Gasteiger partial charge < -0.3 is 9.64 Å². The second kappa shape index (κ2) is 5.84. The zero-order valence-corrected chi connectivity index (χ0v) is 12.9. The van der Waals surface area contributed by atoms with E-state index in [1.54, 1.807) is 11.3 Å². The normalized spacial score (nSPS) is 31.0. The molecule has 1 amide bonds. The van der Waals surface area contributed by atoms with Crippen LogP contribution in [-0.2, 0) is 9.53 Å². The smallest absolute Gasteiger partial charge is 0.241 e. The number of hydrogen-bond donors (Lipinski definition) is 1. The predicted octanol–water partition coefficient (Wildman–Crippen LogP) is 2.44. The van der Waals surface area contributed by atoms with Crippen LogP contribution >= 0.6 is 11.3 Å². The van der Waals surface area contributed by atoms with Crippen LogP contribution in [0.2, 0.25) is 0 Å². The van der Waals surface area contributed by atoms with Crippen LogP contribution in [0.1, 0.15) is 42.1 Å². The molecule has 1 aromatic rings. The Morgan fingerprint density at radius 1 is 1.45 bits per heavy atom. The Labute approximate surface area is 124 Å². The molecule has 2 fully saturated rings. The number of ether oxygens (including phenoxy) is 1. The van der Waals surface area contributed by atoms with Gasteiger partial charge in [-0.15, -0.1) is 11.3 Å². The van der Waals surface area contributed by atoms with Crippen molar-refractivity contribution in [2.45, 2.75) is 51.4 Å². The molecule has 110 valence electrons. The quantitative estimate of drug-likeness (QED) is 0.931. The summed E-state index contributed by atoms with van der Waals surface area (Å²) in [6.45, 7) is 5.58. The Hall–Kier alpha value is -0.910. The van der Waals surface area contributed by atoms with E-state index in [1.165, 1.54) is 16.2 Å². The largest absolute Gasteiger partial charge is 0.376 e. The van der Waals surface area contributed by atoms with Crippen LogP contribution < -0.4 is 5.32 Å². The van der Waals surface area contributed by atoms with Gasteiger partial charge in [-0.3, -0.25) is 10.1 Å². The fourth-order valence-electron chi connectivity index (χ4n) is 2.98. The summed E-state index contributed by atoms with van der Waals surface area (Å²) in [5.74, 6) is 0.190. The van der Waals surface area contributed by atoms with Crippen LogP contribution in [0.4, 0.5) is 0 Å². The molecule has 1 N–H and O–H groups in total. The molecular formula is C15H22N2O2S. The molecule has 2 saturated heterocycles. The Morgan fingerprint density at radius 3 is 2.95 bits per heavy atom. The van der Waals surface area contributed by atoms with Crippen LogP contribution in [0.25, 0.3) is 0 Å². The first kappa shape index (κ1) is 14.0. The number of rotatable bonds is 3. The van der Waals surface area contributed by atoms with Crippen LogP contribution in [0, 0.1) is 6.92 Å². The molecular weight excluding hydrogens is 272 g/mol. The number of carbonyl (C=O) groups excluding carboxylic acids is 1. The molecule has 20 heavy (non-hydrogen) atoms. The zero-order chi connectivity index (χ0) is 14.1. The molecule has 3 heterocycles. The summed E-state index contributed by atoms with van der Waals surface area (Å²) in [7, 11) is 0. The summed E-state index contributed by atoms with van der Waals surface area (Å²) >= 11 is 1.76. The highest BCUT2D eigenvalue weighted by Crippen LogP contribution is 2.31. The summed E-state index contributed by atoms with van der Waals surface area (Å²) in [5.41, 5.74) is 0. The van der Waals surface area contributed by atoms with Gasteiger partial charge in [-0.05, 0) is 45.2 Å². The topological polar surface area (TPSA) is 41.6 Å². The lowest BCUT2D eigenvalue weighted by Crippen LogP contribution is -2.39. The van der Waals surface area contributed by atoms with E-state index >= 15 is 0 Å². The van der Waals surface area contributed by atoms with Crippen LogP contribution in [0.3, 0.4) is 0 Å². The van der Waals surface area contributed by atoms with E-state index in [0.29, 0.717) is 6.54 Å². The fourth-order valence-corrected chi connectivity index (χ4v) is 3.93. The average molecular weight is 294 g/mol. The minimum atomic E-state index is -0.106. The molecule has 0 aliphatic carbocycles. The second-order valence-electron chi connectivity index (χ2n) is 5.72. The number of amides is 1. The molecule has 3 unspecified atom stereocenters. The van der Waals surface area contributed by atoms with E-state index in [1.807, 2.05) is 11.8 Å². The number of aryl methyl sites for hydroxylation is 1. The van der Waals surface area contributed by atoms with Crippen molar-refractivity contribution in [1.29, 1.82) is 0 Å². The average Bonchev–Trinajstić information content (AvgIpc) is 2.99. The van der Waals surface area contributed by atoms with Crippen LogP contribution in [0.5, 0.6) is 0 Å². The van der Waals surface area contributed by atoms with Crippen molar-refractivity contribution in [3.63, 3.8) is 0 Å². The third kappa shape index (κ3) is 2.75. The second-order valence-corrected chi connectivity index (χ2v) is 7.04. The Balaban J connectivity index is 1.75. The Morgan fingerprint density at radius 2 is 2.30 bits per heavy atom. The minimum Gasteiger partial charge on any atom is -0.376 e. The molecule has 3 atom stereocenters. The van der Waals surface area contributed by atoms with Gasteiger partial charge in [0.15, 0.2) is 0 Å². The third-order valence-electron chi connectivity index (χ3n) is 4.08. The van der Waals surface area contributed by atoms with Gasteiger partial charge in [0.05, 0.1) is 12.1 Å². The van der Waals surface area contributed by atoms with Crippen molar-refractivity contribution >= 4 is 17.2 Å². The summed E-state index contributed by atoms with van der Waals surface area (Å²) in [4.78, 5) is 16.8. The highest BCUT2D eigenvalue weighted by atomic mass is 32.1. The van der Waals surface area contributed by atoms with Crippen molar-refractivity contribution in [2.75, 3.05) is 13.2 Å². The predicted molar refractivity (Wildman–Crippen MR) is 79.7 cm³/mol. The summed E-state index contributed by atoms with van der Waals surface area (Å²) in [6, 6.07) is 4.13. The molecule has 1 aromatic heterocycles. The Bertz CT molecular complexity index is 482. The molecule has 4 nitrogen and oxygen atoms in total. The van der Waals surface area contributed by atoms with Crippen LogP contribution in [-0.4, -0.2) is 36.1 Å². The van der Waals surface area contributed by atoms with E-state index in [4.69, 9.17) is 4.74 Å². The zero-order valence-electron chi connectivity index (χ0n) is 12.1. The van der Waals surface area contributed by atoms with Crippen molar-refractivity contribution < 1.29 is 9.53 Å². The maximum atomic E-state index is 12.4. The van der Waals surface area contributed by atoms with Crippen molar-refractivity contribution in [1.82, 2.24) is 10.2 Å². The SMILES string of the molecule is Cc1ccc(C2NC(C)C(=O)N2CC2CCCCO2)s1. The number of thiophene rings is 1. The van der Waals surface area contributed by atoms with Gasteiger partial charge in [-0.1, -0.05) is 0 Å². The van der Waals surface area contributed by atoms with Gasteiger partial charge >= 0.3 is 0 Å². The number of nitrogens with one attached hydrogen (secondary N) is 1. The van der Waals surface area contributed by atoms with E-state index < -0.39 is 0 Å². The monoisotopic (exact) mass is 294 g/mol. The lowest BCUT2D eigenvalue weighted by atomic mass is 10.1. The van der Waals surface area contributed by atoms with Gasteiger partial charge in [-0.2, -0.15) is 0 Å². The van der Waals surface area contributed by atoms with Gasteiger partial charge in [-0.25, -0.2) is 0 Å². The molecule has 5 heteroatoms. The van der Waals surface area contributed by atoms with Gasteiger partial charge in [0.25, 0.3) is 0 Å². The van der Waals surface area contributed by atoms with E-state index in [0.717, 1.165) is 19.4 Å². The van der Waals surface area contributed by atoms with Gasteiger partial charge in [0, 0.05) is 22.9 Å². The number of carbonyl (C=O) groups is 1. The van der Waals surface area contributed by atoms with Crippen molar-refractivity contribution in [3.8, 4) is 0 Å². The first-order chi connectivity index (χ1) is 9.65. The number of nitrogens with zero attached hydrogens (tertiary/aromatic N) is 1. The molecule has 0 radical (unpaired) electrons. The number of hydrogen-bond acceptors (Lipinski definition) is 4. The lowest BCUT2D eigenvalue weighted by Gasteiger charge is -2.30. The molecule has 0 saturated carbocycles. The molecule has 0 spiro atoms. The fraction of sp³-hybridized carbons (Fsp3) is 0.667. The first-order valence-electron chi connectivity index (χ1n) is 7.39. The molecule has 2 aliphatic heterocycles. The molecule has 2 aliphatic rings. The van der Waals surface area contributed by atoms with E-state index in [-0.39, 0.29) is 24.2 Å². The first-order valence-corrected chi connectivity index (χ1v) is 8.21. The van der Waals surface area contributed by atoms with Crippen molar-refractivity contribution in [3.05, 3.63) is 21.9 Å². The van der Waals surface area contributed by atoms with Gasteiger partial charge in [0.2, 0.25) is 5.91 Å². The standard InChI is InChI=1S/C15H22N2O2S/c1-10-6-7-13(20-10)14-16-11(2)15(18)17(14)9-12-5-3-4-8-19-12/h6-7,11-12,14,16H,3-5,8-9H2,1-2H3. The van der Waals surface area contributed by atoms with Crippen LogP contribution in [0.15, 0.2) is 12.1 Å². The van der Waals surface area contributed by atoms with Gasteiger partial charge in [0.1, 0.15) is 6.17 Å². The minimum absolute atomic E-state index is 0.0155. The highest BCUT2D eigenvalue weighted by Gasteiger charge is 2.39.